The van der Waals surface area contributed by atoms with Crippen molar-refractivity contribution in [2.24, 2.45) is 0 Å². The Morgan fingerprint density at radius 2 is 1.25 bits per heavy atom. The molecule has 2 unspecified atom stereocenters. The molecule has 32 heavy (non-hydrogen) atoms. The molecular weight excluding hydrogens is 416 g/mol. The van der Waals surface area contributed by atoms with E-state index < -0.39 is 29.5 Å². The van der Waals surface area contributed by atoms with Gasteiger partial charge in [-0.05, 0) is 60.1 Å². The van der Waals surface area contributed by atoms with Gasteiger partial charge in [0.05, 0.1) is 6.61 Å². The van der Waals surface area contributed by atoms with Crippen LogP contribution in [0.5, 0.6) is 5.75 Å². The van der Waals surface area contributed by atoms with Gasteiger partial charge in [-0.2, -0.15) is 0 Å². The second-order valence-electron chi connectivity index (χ2n) is 8.14. The quantitative estimate of drug-likeness (QED) is 0.339. The van der Waals surface area contributed by atoms with E-state index in [-0.39, 0.29) is 29.0 Å². The lowest BCUT2D eigenvalue weighted by Gasteiger charge is -2.28. The first kappa shape index (κ1) is 22.4. The Labute approximate surface area is 186 Å². The maximum Gasteiger partial charge on any atom is 0.171 e. The van der Waals surface area contributed by atoms with Crippen LogP contribution in [-0.4, -0.2) is 6.61 Å². The monoisotopic (exact) mass is 442 g/mol. The van der Waals surface area contributed by atoms with Crippen LogP contribution in [0.4, 0.5) is 17.6 Å². The summed E-state index contributed by atoms with van der Waals surface area (Å²) in [5.74, 6) is -1.81. The van der Waals surface area contributed by atoms with Crippen LogP contribution in [0.2, 0.25) is 0 Å². The summed E-state index contributed by atoms with van der Waals surface area (Å²) in [6, 6.07) is 14.2. The number of hydrogen-bond acceptors (Lipinski definition) is 1. The van der Waals surface area contributed by atoms with E-state index in [4.69, 9.17) is 4.74 Å². The van der Waals surface area contributed by atoms with Gasteiger partial charge in [0.1, 0.15) is 5.82 Å². The Morgan fingerprint density at radius 3 is 1.84 bits per heavy atom. The Morgan fingerprint density at radius 1 is 0.688 bits per heavy atom. The van der Waals surface area contributed by atoms with E-state index >= 15 is 8.78 Å². The summed E-state index contributed by atoms with van der Waals surface area (Å²) in [7, 11) is 0. The minimum atomic E-state index is -2.30. The topological polar surface area (TPSA) is 9.23 Å². The van der Waals surface area contributed by atoms with Gasteiger partial charge in [0.25, 0.3) is 0 Å². The molecule has 168 valence electrons. The summed E-state index contributed by atoms with van der Waals surface area (Å²) in [5.41, 5.74) is 2.25. The Balaban J connectivity index is 1.65. The Bertz CT molecular complexity index is 1110. The molecule has 0 N–H and O–H groups in total. The molecule has 4 rings (SSSR count). The maximum atomic E-state index is 15.3. The first-order valence-corrected chi connectivity index (χ1v) is 11.1. The van der Waals surface area contributed by atoms with Crippen molar-refractivity contribution >= 4 is 0 Å². The molecule has 0 amide bonds. The molecule has 5 heteroatoms. The van der Waals surface area contributed by atoms with Crippen LogP contribution in [0.1, 0.15) is 60.4 Å². The molecule has 1 aliphatic rings. The first-order chi connectivity index (χ1) is 15.5. The van der Waals surface area contributed by atoms with Crippen molar-refractivity contribution in [2.75, 3.05) is 6.61 Å². The third-order valence-electron chi connectivity index (χ3n) is 6.05. The zero-order valence-corrected chi connectivity index (χ0v) is 18.2. The fourth-order valence-electron chi connectivity index (χ4n) is 4.41. The molecule has 0 saturated heterocycles. The van der Waals surface area contributed by atoms with Crippen molar-refractivity contribution in [2.45, 2.75) is 51.9 Å². The fourth-order valence-corrected chi connectivity index (χ4v) is 4.41. The number of alkyl halides is 2. The smallest absolute Gasteiger partial charge is 0.171 e. The predicted molar refractivity (Wildman–Crippen MR) is 119 cm³/mol. The van der Waals surface area contributed by atoms with Crippen molar-refractivity contribution in [3.63, 3.8) is 0 Å². The van der Waals surface area contributed by atoms with E-state index in [0.717, 1.165) is 18.4 Å². The van der Waals surface area contributed by atoms with Crippen LogP contribution in [0.25, 0.3) is 11.1 Å². The summed E-state index contributed by atoms with van der Waals surface area (Å²) in [5, 5.41) is 0. The van der Waals surface area contributed by atoms with E-state index in [1.54, 1.807) is 19.1 Å². The molecule has 0 aliphatic heterocycles. The molecule has 0 saturated carbocycles. The van der Waals surface area contributed by atoms with Crippen LogP contribution >= 0.6 is 0 Å². The summed E-state index contributed by atoms with van der Waals surface area (Å²) >= 11 is 0. The van der Waals surface area contributed by atoms with Gasteiger partial charge in [-0.1, -0.05) is 55.8 Å². The van der Waals surface area contributed by atoms with Crippen LogP contribution in [0, 0.1) is 11.6 Å². The Kier molecular flexibility index (Phi) is 6.54. The van der Waals surface area contributed by atoms with Gasteiger partial charge in [0, 0.05) is 11.1 Å². The van der Waals surface area contributed by atoms with Crippen molar-refractivity contribution in [1.29, 1.82) is 0 Å². The first-order valence-electron chi connectivity index (χ1n) is 11.1. The summed E-state index contributed by atoms with van der Waals surface area (Å²) < 4.78 is 65.3. The lowest BCUT2D eigenvalue weighted by atomic mass is 9.81. The second-order valence-corrected chi connectivity index (χ2v) is 8.14. The zero-order valence-electron chi connectivity index (χ0n) is 18.2. The van der Waals surface area contributed by atoms with Crippen molar-refractivity contribution in [3.05, 3.63) is 88.0 Å². The molecule has 0 aromatic heterocycles. The number of benzene rings is 3. The minimum absolute atomic E-state index is 0.133. The second kappa shape index (κ2) is 9.35. The zero-order chi connectivity index (χ0) is 22.8. The molecule has 0 radical (unpaired) electrons. The third-order valence-corrected chi connectivity index (χ3v) is 6.05. The largest absolute Gasteiger partial charge is 0.491 e. The highest BCUT2D eigenvalue weighted by Crippen LogP contribution is 2.51. The molecule has 1 aliphatic carbocycles. The average Bonchev–Trinajstić information content (AvgIpc) is 2.79. The SMILES string of the molecule is CCCc1ccc(CCc2ccc3c(c2F)C(F)C(F)c2c-3ccc(OCC)c2F)cc1. The fraction of sp³-hybridized carbons (Fsp3) is 0.333. The van der Waals surface area contributed by atoms with Gasteiger partial charge < -0.3 is 4.74 Å². The molecule has 0 bridgehead atoms. The molecule has 3 aromatic carbocycles. The van der Waals surface area contributed by atoms with Crippen LogP contribution in [-0.2, 0) is 19.3 Å². The Hall–Kier alpha value is -2.82. The summed E-state index contributed by atoms with van der Waals surface area (Å²) in [4.78, 5) is 0. The van der Waals surface area contributed by atoms with Crippen LogP contribution in [0.3, 0.4) is 0 Å². The number of aryl methyl sites for hydroxylation is 3. The molecule has 1 nitrogen and oxygen atoms in total. The molecule has 0 heterocycles. The lowest BCUT2D eigenvalue weighted by molar-refractivity contribution is 0.159. The van der Waals surface area contributed by atoms with E-state index in [2.05, 4.69) is 19.1 Å². The molecule has 2 atom stereocenters. The van der Waals surface area contributed by atoms with Crippen molar-refractivity contribution < 1.29 is 22.3 Å². The van der Waals surface area contributed by atoms with Crippen LogP contribution < -0.4 is 4.74 Å². The average molecular weight is 442 g/mol. The highest BCUT2D eigenvalue weighted by molar-refractivity contribution is 5.76. The van der Waals surface area contributed by atoms with E-state index in [9.17, 15) is 8.78 Å². The van der Waals surface area contributed by atoms with Gasteiger partial charge in [-0.25, -0.2) is 17.6 Å². The molecule has 0 fully saturated rings. The van der Waals surface area contributed by atoms with Gasteiger partial charge in [-0.15, -0.1) is 0 Å². The number of ether oxygens (including phenoxy) is 1. The van der Waals surface area contributed by atoms with Gasteiger partial charge >= 0.3 is 0 Å². The summed E-state index contributed by atoms with van der Waals surface area (Å²) in [6.45, 7) is 3.99. The third kappa shape index (κ3) is 4.01. The van der Waals surface area contributed by atoms with Gasteiger partial charge in [0.15, 0.2) is 23.9 Å². The normalized spacial score (nSPS) is 17.1. The van der Waals surface area contributed by atoms with Crippen molar-refractivity contribution in [1.82, 2.24) is 0 Å². The summed E-state index contributed by atoms with van der Waals surface area (Å²) in [6.07, 6.45) is -1.55. The standard InChI is InChI=1S/C27H26F4O/c1-3-5-16-6-8-17(9-7-16)10-11-18-12-13-19-20-14-15-21(32-4-2)25(29)23(20)27(31)26(30)22(19)24(18)28/h6-9,12-15,26-27H,3-5,10-11H2,1-2H3. The predicted octanol–water partition coefficient (Wildman–Crippen LogP) is 7.80. The number of halogens is 4. The van der Waals surface area contributed by atoms with Gasteiger partial charge in [-0.3, -0.25) is 0 Å². The maximum absolute atomic E-state index is 15.3. The van der Waals surface area contributed by atoms with E-state index in [1.165, 1.54) is 17.7 Å². The highest BCUT2D eigenvalue weighted by Gasteiger charge is 2.39. The number of rotatable bonds is 7. The molecule has 3 aromatic rings. The number of fused-ring (bicyclic) bond motifs is 3. The van der Waals surface area contributed by atoms with Gasteiger partial charge in [0.2, 0.25) is 0 Å². The number of hydrogen-bond donors (Lipinski definition) is 0. The van der Waals surface area contributed by atoms with E-state index in [0.29, 0.717) is 18.4 Å². The van der Waals surface area contributed by atoms with Crippen molar-refractivity contribution in [3.8, 4) is 16.9 Å². The van der Waals surface area contributed by atoms with Crippen LogP contribution in [0.15, 0.2) is 48.5 Å². The lowest BCUT2D eigenvalue weighted by Crippen LogP contribution is -2.16. The molecular formula is C27H26F4O. The highest BCUT2D eigenvalue weighted by atomic mass is 19.2. The van der Waals surface area contributed by atoms with E-state index in [1.807, 2.05) is 12.1 Å². The molecule has 0 spiro atoms. The minimum Gasteiger partial charge on any atom is -0.491 e.